The van der Waals surface area contributed by atoms with E-state index in [1.54, 1.807) is 7.11 Å². The monoisotopic (exact) mass is 412 g/mol. The van der Waals surface area contributed by atoms with Crippen molar-refractivity contribution in [2.24, 2.45) is 0 Å². The Labute approximate surface area is 186 Å². The van der Waals surface area contributed by atoms with Crippen molar-refractivity contribution >= 4 is 10.8 Å². The average molecular weight is 412 g/mol. The van der Waals surface area contributed by atoms with E-state index in [4.69, 9.17) is 4.74 Å². The number of methoxy groups -OCH3 is 1. The SMILES string of the molecule is COc1cccc2c(O)cc3c(c12)-c1ccccc1C31c2ccccc2-c2ccccc21. The molecule has 32 heavy (non-hydrogen) atoms. The maximum Gasteiger partial charge on any atom is 0.127 e. The quantitative estimate of drug-likeness (QED) is 0.318. The molecule has 0 unspecified atom stereocenters. The molecule has 0 amide bonds. The minimum absolute atomic E-state index is 0.284. The lowest BCUT2D eigenvalue weighted by atomic mass is 9.70. The lowest BCUT2D eigenvalue weighted by molar-refractivity contribution is 0.419. The van der Waals surface area contributed by atoms with Gasteiger partial charge in [-0.25, -0.2) is 0 Å². The van der Waals surface area contributed by atoms with Gasteiger partial charge in [-0.05, 0) is 56.6 Å². The van der Waals surface area contributed by atoms with Crippen LogP contribution >= 0.6 is 0 Å². The summed E-state index contributed by atoms with van der Waals surface area (Å²) in [6.45, 7) is 0. The van der Waals surface area contributed by atoms with Crippen LogP contribution in [-0.4, -0.2) is 12.2 Å². The molecule has 2 aliphatic rings. The number of rotatable bonds is 1. The van der Waals surface area contributed by atoms with Crippen LogP contribution in [0.2, 0.25) is 0 Å². The van der Waals surface area contributed by atoms with Crippen LogP contribution in [0.25, 0.3) is 33.0 Å². The van der Waals surface area contributed by atoms with Gasteiger partial charge in [0.05, 0.1) is 12.5 Å². The second kappa shape index (κ2) is 6.02. The Hall–Kier alpha value is -4.04. The van der Waals surface area contributed by atoms with Gasteiger partial charge in [0.1, 0.15) is 11.5 Å². The molecule has 0 bridgehead atoms. The molecule has 0 radical (unpaired) electrons. The Morgan fingerprint density at radius 2 is 1.19 bits per heavy atom. The van der Waals surface area contributed by atoms with E-state index in [2.05, 4.69) is 72.8 Å². The third kappa shape index (κ3) is 1.87. The summed E-state index contributed by atoms with van der Waals surface area (Å²) in [4.78, 5) is 0. The van der Waals surface area contributed by atoms with Crippen molar-refractivity contribution < 1.29 is 9.84 Å². The minimum atomic E-state index is -0.467. The van der Waals surface area contributed by atoms with Crippen LogP contribution in [0.5, 0.6) is 11.5 Å². The molecule has 0 saturated heterocycles. The van der Waals surface area contributed by atoms with Gasteiger partial charge in [-0.2, -0.15) is 0 Å². The Morgan fingerprint density at radius 3 is 1.81 bits per heavy atom. The van der Waals surface area contributed by atoms with Crippen LogP contribution in [0, 0.1) is 0 Å². The molecular weight excluding hydrogens is 392 g/mol. The topological polar surface area (TPSA) is 29.5 Å². The number of hydrogen-bond donors (Lipinski definition) is 1. The molecule has 152 valence electrons. The number of ether oxygens (including phenoxy) is 1. The van der Waals surface area contributed by atoms with E-state index in [9.17, 15) is 5.11 Å². The molecule has 0 saturated carbocycles. The van der Waals surface area contributed by atoms with Gasteiger partial charge in [-0.1, -0.05) is 84.9 Å². The van der Waals surface area contributed by atoms with Crippen molar-refractivity contribution in [2.75, 3.05) is 7.11 Å². The molecular formula is C30H20O2. The van der Waals surface area contributed by atoms with Crippen LogP contribution in [0.3, 0.4) is 0 Å². The van der Waals surface area contributed by atoms with Gasteiger partial charge < -0.3 is 9.84 Å². The van der Waals surface area contributed by atoms with Crippen molar-refractivity contribution in [1.82, 2.24) is 0 Å². The summed E-state index contributed by atoms with van der Waals surface area (Å²) in [7, 11) is 1.70. The molecule has 0 atom stereocenters. The number of phenols is 1. The molecule has 1 N–H and O–H groups in total. The lowest BCUT2D eigenvalue weighted by Gasteiger charge is -2.30. The van der Waals surface area contributed by atoms with Crippen molar-refractivity contribution in [1.29, 1.82) is 0 Å². The number of benzene rings is 5. The van der Waals surface area contributed by atoms with Crippen LogP contribution in [0.1, 0.15) is 22.3 Å². The fraction of sp³-hybridized carbons (Fsp3) is 0.0667. The zero-order valence-corrected chi connectivity index (χ0v) is 17.6. The van der Waals surface area contributed by atoms with E-state index in [1.165, 1.54) is 33.4 Å². The zero-order chi connectivity index (χ0) is 21.4. The normalized spacial score (nSPS) is 14.2. The first-order valence-corrected chi connectivity index (χ1v) is 10.9. The highest BCUT2D eigenvalue weighted by Gasteiger charge is 2.52. The lowest BCUT2D eigenvalue weighted by Crippen LogP contribution is -2.25. The summed E-state index contributed by atoms with van der Waals surface area (Å²) in [5, 5.41) is 13.0. The standard InChI is InChI=1S/C30H20O2/c1-32-27-16-8-12-21-26(31)17-25-28(29(21)27)20-11-4-7-15-24(20)30(25)22-13-5-2-9-18(22)19-10-3-6-14-23(19)30/h2-17,31H,1H3. The fourth-order valence-corrected chi connectivity index (χ4v) is 6.16. The predicted octanol–water partition coefficient (Wildman–Crippen LogP) is 6.90. The molecule has 5 aromatic rings. The Bertz CT molecular complexity index is 1530. The number of aromatic hydroxyl groups is 1. The summed E-state index contributed by atoms with van der Waals surface area (Å²) < 4.78 is 5.80. The molecule has 0 aliphatic heterocycles. The Kier molecular flexibility index (Phi) is 3.31. The van der Waals surface area contributed by atoms with Gasteiger partial charge in [-0.3, -0.25) is 0 Å². The summed E-state index contributed by atoms with van der Waals surface area (Å²) in [5.41, 5.74) is 9.29. The number of hydrogen-bond acceptors (Lipinski definition) is 2. The largest absolute Gasteiger partial charge is 0.507 e. The Balaban J connectivity index is 1.77. The Morgan fingerprint density at radius 1 is 0.625 bits per heavy atom. The van der Waals surface area contributed by atoms with Crippen molar-refractivity contribution in [2.45, 2.75) is 5.41 Å². The van der Waals surface area contributed by atoms with E-state index in [0.29, 0.717) is 0 Å². The second-order valence-electron chi connectivity index (χ2n) is 8.59. The highest BCUT2D eigenvalue weighted by molar-refractivity contribution is 6.10. The van der Waals surface area contributed by atoms with E-state index in [1.807, 2.05) is 24.3 Å². The van der Waals surface area contributed by atoms with Crippen LogP contribution < -0.4 is 4.74 Å². The van der Waals surface area contributed by atoms with E-state index in [0.717, 1.165) is 27.6 Å². The molecule has 2 heteroatoms. The van der Waals surface area contributed by atoms with Crippen LogP contribution in [0.4, 0.5) is 0 Å². The smallest absolute Gasteiger partial charge is 0.127 e. The third-order valence-electron chi connectivity index (χ3n) is 7.28. The van der Waals surface area contributed by atoms with Gasteiger partial charge in [0.15, 0.2) is 0 Å². The molecule has 5 aromatic carbocycles. The molecule has 1 spiro atoms. The highest BCUT2D eigenvalue weighted by atomic mass is 16.5. The summed E-state index contributed by atoms with van der Waals surface area (Å²) in [6, 6.07) is 33.9. The molecule has 0 fully saturated rings. The maximum absolute atomic E-state index is 11.2. The first kappa shape index (κ1) is 17.6. The van der Waals surface area contributed by atoms with Crippen LogP contribution in [-0.2, 0) is 5.41 Å². The maximum atomic E-state index is 11.2. The summed E-state index contributed by atoms with van der Waals surface area (Å²) in [5.74, 6) is 1.06. The molecule has 0 aromatic heterocycles. The van der Waals surface area contributed by atoms with Crippen molar-refractivity contribution in [3.8, 4) is 33.8 Å². The van der Waals surface area contributed by atoms with E-state index in [-0.39, 0.29) is 5.75 Å². The minimum Gasteiger partial charge on any atom is -0.507 e. The predicted molar refractivity (Wildman–Crippen MR) is 128 cm³/mol. The van der Waals surface area contributed by atoms with E-state index >= 15 is 0 Å². The van der Waals surface area contributed by atoms with Gasteiger partial charge in [-0.15, -0.1) is 0 Å². The van der Waals surface area contributed by atoms with Gasteiger partial charge in [0, 0.05) is 10.8 Å². The summed E-state index contributed by atoms with van der Waals surface area (Å²) in [6.07, 6.45) is 0. The average Bonchev–Trinajstić information content (AvgIpc) is 3.31. The first-order chi connectivity index (χ1) is 15.8. The highest BCUT2D eigenvalue weighted by Crippen LogP contribution is 2.64. The van der Waals surface area contributed by atoms with Crippen molar-refractivity contribution in [3.05, 3.63) is 119 Å². The molecule has 2 nitrogen and oxygen atoms in total. The number of fused-ring (bicyclic) bond motifs is 12. The van der Waals surface area contributed by atoms with Crippen LogP contribution in [0.15, 0.2) is 97.1 Å². The van der Waals surface area contributed by atoms with Gasteiger partial charge >= 0.3 is 0 Å². The third-order valence-corrected chi connectivity index (χ3v) is 7.28. The van der Waals surface area contributed by atoms with Gasteiger partial charge in [0.25, 0.3) is 0 Å². The second-order valence-corrected chi connectivity index (χ2v) is 8.59. The molecule has 2 aliphatic carbocycles. The number of phenolic OH excluding ortho intramolecular Hbond substituents is 1. The first-order valence-electron chi connectivity index (χ1n) is 10.9. The van der Waals surface area contributed by atoms with E-state index < -0.39 is 5.41 Å². The molecule has 0 heterocycles. The molecule has 7 rings (SSSR count). The summed E-state index contributed by atoms with van der Waals surface area (Å²) >= 11 is 0. The zero-order valence-electron chi connectivity index (χ0n) is 17.6. The van der Waals surface area contributed by atoms with Gasteiger partial charge in [0.2, 0.25) is 0 Å². The fourth-order valence-electron chi connectivity index (χ4n) is 6.16. The van der Waals surface area contributed by atoms with Crippen molar-refractivity contribution in [3.63, 3.8) is 0 Å².